The number of halogens is 2. The molecule has 0 fully saturated rings. The Morgan fingerprint density at radius 2 is 1.95 bits per heavy atom. The molecular weight excluding hydrogens is 262 g/mol. The number of aryl methyl sites for hydroxylation is 1. The molecule has 1 aromatic carbocycles. The summed E-state index contributed by atoms with van der Waals surface area (Å²) in [6.45, 7) is 8.57. The number of aromatic nitrogens is 2. The Balaban J connectivity index is 2.65. The standard InChI is InChI=1S/C14H16F2N2Si/c1-5-18-9-17-11-8-10(6-7-19(2,3)4)12(15)13(16)14(11)18/h8-9H,5H2,1-4H3. The Morgan fingerprint density at radius 3 is 2.53 bits per heavy atom. The minimum atomic E-state index is -1.63. The smallest absolute Gasteiger partial charge is 0.185 e. The van der Waals surface area contributed by atoms with Crippen LogP contribution in [0.5, 0.6) is 0 Å². The highest BCUT2D eigenvalue weighted by Crippen LogP contribution is 2.22. The first-order chi connectivity index (χ1) is 8.83. The predicted molar refractivity (Wildman–Crippen MR) is 75.5 cm³/mol. The van der Waals surface area contributed by atoms with Gasteiger partial charge in [-0.1, -0.05) is 25.6 Å². The van der Waals surface area contributed by atoms with Crippen LogP contribution >= 0.6 is 0 Å². The largest absolute Gasteiger partial charge is 0.328 e. The van der Waals surface area contributed by atoms with Crippen LogP contribution in [-0.2, 0) is 6.54 Å². The SMILES string of the molecule is CCn1cnc2cc(C#C[Si](C)(C)C)c(F)c(F)c21. The van der Waals surface area contributed by atoms with Crippen LogP contribution in [0.1, 0.15) is 12.5 Å². The molecule has 1 heterocycles. The lowest BCUT2D eigenvalue weighted by molar-refractivity contribution is 0.510. The molecule has 0 amide bonds. The summed E-state index contributed by atoms with van der Waals surface area (Å²) in [6, 6.07) is 1.52. The van der Waals surface area contributed by atoms with Gasteiger partial charge in [0.15, 0.2) is 11.6 Å². The van der Waals surface area contributed by atoms with E-state index in [2.05, 4.69) is 36.1 Å². The number of imidazole rings is 1. The van der Waals surface area contributed by atoms with Gasteiger partial charge in [0.2, 0.25) is 0 Å². The lowest BCUT2D eigenvalue weighted by Gasteiger charge is -2.05. The molecule has 5 heteroatoms. The van der Waals surface area contributed by atoms with Crippen molar-refractivity contribution in [3.8, 4) is 11.5 Å². The summed E-state index contributed by atoms with van der Waals surface area (Å²) in [5.41, 5.74) is 3.78. The highest BCUT2D eigenvalue weighted by atomic mass is 28.3. The van der Waals surface area contributed by atoms with Gasteiger partial charge in [0.25, 0.3) is 0 Å². The number of benzene rings is 1. The van der Waals surface area contributed by atoms with Crippen molar-refractivity contribution in [3.05, 3.63) is 29.6 Å². The van der Waals surface area contributed by atoms with Gasteiger partial charge < -0.3 is 4.57 Å². The maximum Gasteiger partial charge on any atom is 0.185 e. The summed E-state index contributed by atoms with van der Waals surface area (Å²) in [5, 5.41) is 0. The molecule has 0 aliphatic carbocycles. The highest BCUT2D eigenvalue weighted by Gasteiger charge is 2.17. The fourth-order valence-corrected chi connectivity index (χ4v) is 2.26. The third kappa shape index (κ3) is 2.69. The number of rotatable bonds is 1. The van der Waals surface area contributed by atoms with Crippen LogP contribution in [0.15, 0.2) is 12.4 Å². The summed E-state index contributed by atoms with van der Waals surface area (Å²) < 4.78 is 29.7. The highest BCUT2D eigenvalue weighted by molar-refractivity contribution is 6.83. The average molecular weight is 278 g/mol. The van der Waals surface area contributed by atoms with Gasteiger partial charge in [-0.3, -0.25) is 0 Å². The lowest BCUT2D eigenvalue weighted by Crippen LogP contribution is -2.16. The maximum atomic E-state index is 14.1. The average Bonchev–Trinajstić information content (AvgIpc) is 2.73. The van der Waals surface area contributed by atoms with E-state index in [9.17, 15) is 8.78 Å². The number of fused-ring (bicyclic) bond motifs is 1. The minimum absolute atomic E-state index is 0.0915. The molecule has 2 rings (SSSR count). The second-order valence-corrected chi connectivity index (χ2v) is 10.2. The van der Waals surface area contributed by atoms with Gasteiger partial charge in [0.1, 0.15) is 13.6 Å². The van der Waals surface area contributed by atoms with Crippen molar-refractivity contribution < 1.29 is 8.78 Å². The van der Waals surface area contributed by atoms with Crippen LogP contribution in [0.4, 0.5) is 8.78 Å². The zero-order valence-corrected chi connectivity index (χ0v) is 12.5. The predicted octanol–water partition coefficient (Wildman–Crippen LogP) is 3.56. The van der Waals surface area contributed by atoms with Crippen LogP contribution < -0.4 is 0 Å². The lowest BCUT2D eigenvalue weighted by atomic mass is 10.2. The van der Waals surface area contributed by atoms with Gasteiger partial charge in [-0.15, -0.1) is 5.54 Å². The topological polar surface area (TPSA) is 17.8 Å². The summed E-state index contributed by atoms with van der Waals surface area (Å²) in [7, 11) is -1.63. The zero-order chi connectivity index (χ0) is 14.2. The van der Waals surface area contributed by atoms with Gasteiger partial charge in [-0.05, 0) is 13.0 Å². The molecule has 0 radical (unpaired) electrons. The van der Waals surface area contributed by atoms with Crippen LogP contribution in [0.3, 0.4) is 0 Å². The Labute approximate surface area is 112 Å². The van der Waals surface area contributed by atoms with Crippen molar-refractivity contribution >= 4 is 19.1 Å². The summed E-state index contributed by atoms with van der Waals surface area (Å²) in [6.07, 6.45) is 1.52. The Bertz CT molecular complexity index is 687. The quantitative estimate of drug-likeness (QED) is 0.576. The van der Waals surface area contributed by atoms with Gasteiger partial charge >= 0.3 is 0 Å². The molecule has 0 spiro atoms. The third-order valence-corrected chi connectivity index (χ3v) is 3.57. The molecule has 0 aliphatic heterocycles. The van der Waals surface area contributed by atoms with E-state index in [1.807, 2.05) is 6.92 Å². The Kier molecular flexibility index (Phi) is 3.46. The van der Waals surface area contributed by atoms with Crippen LogP contribution in [-0.4, -0.2) is 17.6 Å². The van der Waals surface area contributed by atoms with Gasteiger partial charge in [0.05, 0.1) is 17.4 Å². The van der Waals surface area contributed by atoms with E-state index in [4.69, 9.17) is 0 Å². The van der Waals surface area contributed by atoms with E-state index in [1.165, 1.54) is 12.4 Å². The molecule has 0 unspecified atom stereocenters. The summed E-state index contributed by atoms with van der Waals surface area (Å²) in [5.74, 6) is 1.02. The first kappa shape index (κ1) is 13.8. The summed E-state index contributed by atoms with van der Waals surface area (Å²) in [4.78, 5) is 4.10. The van der Waals surface area contributed by atoms with E-state index in [1.54, 1.807) is 4.57 Å². The molecule has 19 heavy (non-hydrogen) atoms. The molecule has 0 saturated heterocycles. The minimum Gasteiger partial charge on any atom is -0.328 e. The molecule has 2 aromatic rings. The fourth-order valence-electron chi connectivity index (χ4n) is 1.75. The van der Waals surface area contributed by atoms with E-state index >= 15 is 0 Å². The first-order valence-corrected chi connectivity index (χ1v) is 9.69. The van der Waals surface area contributed by atoms with Gasteiger partial charge in [-0.25, -0.2) is 13.8 Å². The molecule has 2 nitrogen and oxygen atoms in total. The van der Waals surface area contributed by atoms with E-state index in [0.29, 0.717) is 12.1 Å². The number of hydrogen-bond acceptors (Lipinski definition) is 1. The first-order valence-electron chi connectivity index (χ1n) is 6.19. The monoisotopic (exact) mass is 278 g/mol. The molecule has 0 atom stereocenters. The molecule has 0 saturated carbocycles. The van der Waals surface area contributed by atoms with Crippen molar-refractivity contribution in [1.29, 1.82) is 0 Å². The third-order valence-electron chi connectivity index (χ3n) is 2.70. The molecular formula is C14H16F2N2Si. The van der Waals surface area contributed by atoms with Crippen molar-refractivity contribution in [1.82, 2.24) is 9.55 Å². The van der Waals surface area contributed by atoms with Crippen molar-refractivity contribution in [2.45, 2.75) is 33.1 Å². The molecule has 0 aliphatic rings. The summed E-state index contributed by atoms with van der Waals surface area (Å²) >= 11 is 0. The van der Waals surface area contributed by atoms with Crippen LogP contribution in [0.2, 0.25) is 19.6 Å². The second kappa shape index (κ2) is 4.78. The Morgan fingerprint density at radius 1 is 1.26 bits per heavy atom. The van der Waals surface area contributed by atoms with Crippen molar-refractivity contribution in [2.24, 2.45) is 0 Å². The molecule has 0 bridgehead atoms. The van der Waals surface area contributed by atoms with Crippen LogP contribution in [0.25, 0.3) is 11.0 Å². The Hall–Kier alpha value is -1.67. The van der Waals surface area contributed by atoms with E-state index in [-0.39, 0.29) is 11.1 Å². The van der Waals surface area contributed by atoms with E-state index in [0.717, 1.165) is 0 Å². The molecule has 100 valence electrons. The zero-order valence-electron chi connectivity index (χ0n) is 11.5. The molecule has 0 N–H and O–H groups in total. The van der Waals surface area contributed by atoms with Gasteiger partial charge in [0, 0.05) is 6.54 Å². The van der Waals surface area contributed by atoms with Crippen molar-refractivity contribution in [2.75, 3.05) is 0 Å². The molecule has 1 aromatic heterocycles. The second-order valence-electron chi connectivity index (χ2n) is 5.45. The van der Waals surface area contributed by atoms with E-state index < -0.39 is 19.7 Å². The normalized spacial score (nSPS) is 11.5. The van der Waals surface area contributed by atoms with Gasteiger partial charge in [-0.2, -0.15) is 0 Å². The maximum absolute atomic E-state index is 14.1. The fraction of sp³-hybridized carbons (Fsp3) is 0.357. The van der Waals surface area contributed by atoms with Crippen molar-refractivity contribution in [3.63, 3.8) is 0 Å². The number of nitrogens with zero attached hydrogens (tertiary/aromatic N) is 2. The number of hydrogen-bond donors (Lipinski definition) is 0. The van der Waals surface area contributed by atoms with Crippen LogP contribution in [0, 0.1) is 23.1 Å².